The van der Waals surface area contributed by atoms with Gasteiger partial charge in [-0.05, 0) is 46.5 Å². The van der Waals surface area contributed by atoms with Gasteiger partial charge in [0.1, 0.15) is 0 Å². The highest BCUT2D eigenvalue weighted by Crippen LogP contribution is 2.17. The largest absolute Gasteiger partial charge is 0.379 e. The maximum atomic E-state index is 12.6. The lowest BCUT2D eigenvalue weighted by Gasteiger charge is -2.37. The Labute approximate surface area is 200 Å². The average Bonchev–Trinajstić information content (AvgIpc) is 2.73. The van der Waals surface area contributed by atoms with Crippen molar-refractivity contribution in [3.05, 3.63) is 0 Å². The van der Waals surface area contributed by atoms with Crippen molar-refractivity contribution in [1.29, 1.82) is 0 Å². The van der Waals surface area contributed by atoms with E-state index in [1.54, 1.807) is 0 Å². The van der Waals surface area contributed by atoms with Crippen LogP contribution in [0.4, 0.5) is 0 Å². The van der Waals surface area contributed by atoms with E-state index < -0.39 is 0 Å². The molecule has 2 fully saturated rings. The quantitative estimate of drug-likeness (QED) is 0.283. The maximum Gasteiger partial charge on any atom is 0.225 e. The number of aliphatic imine (C=N–C) groups is 1. The Morgan fingerprint density at radius 2 is 1.83 bits per heavy atom. The minimum atomic E-state index is 0. The molecule has 2 aliphatic heterocycles. The number of rotatable bonds is 8. The number of likely N-dealkylation sites (tertiary alicyclic amines) is 1. The number of halogens is 1. The maximum absolute atomic E-state index is 12.6. The van der Waals surface area contributed by atoms with E-state index in [0.29, 0.717) is 24.0 Å². The van der Waals surface area contributed by atoms with E-state index in [0.717, 1.165) is 77.6 Å². The normalized spacial score (nSPS) is 22.5. The van der Waals surface area contributed by atoms with Gasteiger partial charge in [-0.1, -0.05) is 13.8 Å². The first-order chi connectivity index (χ1) is 14.0. The number of carbonyl (C=O) groups excluding carboxylic acids is 1. The minimum absolute atomic E-state index is 0. The van der Waals surface area contributed by atoms with E-state index >= 15 is 0 Å². The lowest BCUT2D eigenvalue weighted by molar-refractivity contribution is -0.136. The van der Waals surface area contributed by atoms with Gasteiger partial charge in [0.15, 0.2) is 5.96 Å². The molecular formula is C22H44IN5O2. The zero-order chi connectivity index (χ0) is 21.2. The lowest BCUT2D eigenvalue weighted by Crippen LogP contribution is -2.51. The van der Waals surface area contributed by atoms with Crippen LogP contribution in [0.5, 0.6) is 0 Å². The van der Waals surface area contributed by atoms with Crippen LogP contribution < -0.4 is 10.6 Å². The number of hydrogen-bond donors (Lipinski definition) is 2. The summed E-state index contributed by atoms with van der Waals surface area (Å²) in [6.45, 7) is 16.7. The Hall–Kier alpha value is -0.610. The summed E-state index contributed by atoms with van der Waals surface area (Å²) in [5.41, 5.74) is 0. The van der Waals surface area contributed by atoms with Crippen molar-refractivity contribution >= 4 is 35.8 Å². The number of hydrogen-bond acceptors (Lipinski definition) is 4. The van der Waals surface area contributed by atoms with Crippen molar-refractivity contribution in [2.45, 2.75) is 78.4 Å². The van der Waals surface area contributed by atoms with Crippen LogP contribution in [-0.4, -0.2) is 85.7 Å². The SMILES string of the molecule is CCNC(=NCC(C)N1CCOCC1C)NC1CCN(C(=O)C(CC)CC)CC1.I. The molecule has 1 amide bonds. The second-order valence-electron chi connectivity index (χ2n) is 8.49. The minimum Gasteiger partial charge on any atom is -0.379 e. The first-order valence-corrected chi connectivity index (χ1v) is 11.7. The molecule has 7 nitrogen and oxygen atoms in total. The van der Waals surface area contributed by atoms with Crippen molar-refractivity contribution in [1.82, 2.24) is 20.4 Å². The van der Waals surface area contributed by atoms with Crippen molar-refractivity contribution in [3.63, 3.8) is 0 Å². The van der Waals surface area contributed by atoms with Gasteiger partial charge in [0.05, 0.1) is 19.8 Å². The molecule has 0 saturated carbocycles. The number of nitrogens with zero attached hydrogens (tertiary/aromatic N) is 3. The summed E-state index contributed by atoms with van der Waals surface area (Å²) < 4.78 is 5.55. The van der Waals surface area contributed by atoms with Crippen LogP contribution in [0.1, 0.15) is 60.3 Å². The molecule has 2 N–H and O–H groups in total. The fourth-order valence-electron chi connectivity index (χ4n) is 4.38. The number of ether oxygens (including phenoxy) is 1. The summed E-state index contributed by atoms with van der Waals surface area (Å²) in [6.07, 6.45) is 3.83. The van der Waals surface area contributed by atoms with Crippen molar-refractivity contribution < 1.29 is 9.53 Å². The summed E-state index contributed by atoms with van der Waals surface area (Å²) in [6, 6.07) is 1.21. The molecule has 0 radical (unpaired) electrons. The van der Waals surface area contributed by atoms with Gasteiger partial charge in [0.2, 0.25) is 5.91 Å². The fraction of sp³-hybridized carbons (Fsp3) is 0.909. The fourth-order valence-corrected chi connectivity index (χ4v) is 4.38. The Kier molecular flexibility index (Phi) is 13.2. The standard InChI is InChI=1S/C22H43N5O2.HI/c1-6-19(7-2)21(28)26-11-9-20(10-12-26)25-22(23-8-3)24-15-17(4)27-13-14-29-16-18(27)5;/h17-20H,6-16H2,1-5H3,(H2,23,24,25);1H. The Bertz CT molecular complexity index is 522. The second kappa shape index (κ2) is 14.5. The van der Waals surface area contributed by atoms with Crippen LogP contribution in [0.25, 0.3) is 0 Å². The number of amides is 1. The van der Waals surface area contributed by atoms with Gasteiger partial charge < -0.3 is 20.3 Å². The predicted molar refractivity (Wildman–Crippen MR) is 135 cm³/mol. The van der Waals surface area contributed by atoms with E-state index in [4.69, 9.17) is 9.73 Å². The van der Waals surface area contributed by atoms with Crippen molar-refractivity contribution in [2.75, 3.05) is 45.9 Å². The zero-order valence-corrected chi connectivity index (χ0v) is 22.0. The second-order valence-corrected chi connectivity index (χ2v) is 8.49. The van der Waals surface area contributed by atoms with E-state index in [9.17, 15) is 4.79 Å². The third kappa shape index (κ3) is 8.15. The van der Waals surface area contributed by atoms with Gasteiger partial charge in [-0.2, -0.15) is 0 Å². The van der Waals surface area contributed by atoms with E-state index in [2.05, 4.69) is 55.1 Å². The molecule has 176 valence electrons. The number of piperidine rings is 1. The molecule has 0 aliphatic carbocycles. The van der Waals surface area contributed by atoms with Gasteiger partial charge in [-0.25, -0.2) is 0 Å². The molecule has 2 aliphatic rings. The number of guanidine groups is 1. The average molecular weight is 538 g/mol. The molecule has 2 saturated heterocycles. The molecule has 0 spiro atoms. The molecule has 0 aromatic rings. The van der Waals surface area contributed by atoms with Gasteiger partial charge in [0, 0.05) is 50.2 Å². The van der Waals surface area contributed by atoms with Crippen LogP contribution >= 0.6 is 24.0 Å². The topological polar surface area (TPSA) is 69.2 Å². The molecule has 8 heteroatoms. The predicted octanol–water partition coefficient (Wildman–Crippen LogP) is 2.70. The van der Waals surface area contributed by atoms with Gasteiger partial charge in [-0.3, -0.25) is 14.7 Å². The molecule has 2 rings (SSSR count). The molecule has 2 unspecified atom stereocenters. The summed E-state index contributed by atoms with van der Waals surface area (Å²) in [5, 5.41) is 6.99. The van der Waals surface area contributed by atoms with Crippen LogP contribution in [0.3, 0.4) is 0 Å². The van der Waals surface area contributed by atoms with E-state index in [1.807, 2.05) is 0 Å². The molecular weight excluding hydrogens is 493 g/mol. The molecule has 30 heavy (non-hydrogen) atoms. The van der Waals surface area contributed by atoms with Crippen molar-refractivity contribution in [3.8, 4) is 0 Å². The van der Waals surface area contributed by atoms with Gasteiger partial charge in [-0.15, -0.1) is 24.0 Å². The Morgan fingerprint density at radius 1 is 1.17 bits per heavy atom. The monoisotopic (exact) mass is 537 g/mol. The number of carbonyl (C=O) groups is 1. The Morgan fingerprint density at radius 3 is 2.40 bits per heavy atom. The van der Waals surface area contributed by atoms with Crippen LogP contribution in [0, 0.1) is 5.92 Å². The highest BCUT2D eigenvalue weighted by atomic mass is 127. The molecule has 2 heterocycles. The Balaban J connectivity index is 0.00000450. The highest BCUT2D eigenvalue weighted by molar-refractivity contribution is 14.0. The third-order valence-corrected chi connectivity index (χ3v) is 6.33. The highest BCUT2D eigenvalue weighted by Gasteiger charge is 2.27. The number of nitrogens with one attached hydrogen (secondary N) is 2. The van der Waals surface area contributed by atoms with Crippen molar-refractivity contribution in [2.24, 2.45) is 10.9 Å². The zero-order valence-electron chi connectivity index (χ0n) is 19.7. The molecule has 2 atom stereocenters. The van der Waals surface area contributed by atoms with Crippen LogP contribution in [0.2, 0.25) is 0 Å². The first kappa shape index (κ1) is 27.4. The summed E-state index contributed by atoms with van der Waals surface area (Å²) in [7, 11) is 0. The van der Waals surface area contributed by atoms with Gasteiger partial charge >= 0.3 is 0 Å². The van der Waals surface area contributed by atoms with Crippen LogP contribution in [-0.2, 0) is 9.53 Å². The third-order valence-electron chi connectivity index (χ3n) is 6.33. The van der Waals surface area contributed by atoms with Crippen LogP contribution in [0.15, 0.2) is 4.99 Å². The van der Waals surface area contributed by atoms with Gasteiger partial charge in [0.25, 0.3) is 0 Å². The number of morpholine rings is 1. The summed E-state index contributed by atoms with van der Waals surface area (Å²) in [5.74, 6) is 1.41. The molecule has 0 bridgehead atoms. The smallest absolute Gasteiger partial charge is 0.225 e. The first-order valence-electron chi connectivity index (χ1n) is 11.7. The van der Waals surface area contributed by atoms with E-state index in [-0.39, 0.29) is 29.9 Å². The summed E-state index contributed by atoms with van der Waals surface area (Å²) in [4.78, 5) is 22.0. The molecule has 0 aromatic carbocycles. The lowest BCUT2D eigenvalue weighted by atomic mass is 9.98. The summed E-state index contributed by atoms with van der Waals surface area (Å²) >= 11 is 0. The van der Waals surface area contributed by atoms with E-state index in [1.165, 1.54) is 0 Å². The molecule has 0 aromatic heterocycles.